The van der Waals surface area contributed by atoms with E-state index in [9.17, 15) is 0 Å². The molecule has 0 unspecified atom stereocenters. The largest absolute Gasteiger partial charge is 0.270 e. The molecule has 1 heterocycles. The highest BCUT2D eigenvalue weighted by Gasteiger charge is 1.98. The fourth-order valence-corrected chi connectivity index (χ4v) is 1.04. The van der Waals surface area contributed by atoms with E-state index in [0.717, 1.165) is 18.7 Å². The lowest BCUT2D eigenvalue weighted by molar-refractivity contribution is 0.621. The monoisotopic (exact) mass is 149 g/mol. The zero-order chi connectivity index (χ0) is 8.10. The van der Waals surface area contributed by atoms with Gasteiger partial charge in [-0.05, 0) is 13.0 Å². The lowest BCUT2D eigenvalue weighted by Gasteiger charge is -2.00. The van der Waals surface area contributed by atoms with E-state index < -0.39 is 0 Å². The fraction of sp³-hybridized carbons (Fsp3) is 0.500. The van der Waals surface area contributed by atoms with Gasteiger partial charge in [-0.1, -0.05) is 0 Å². The summed E-state index contributed by atoms with van der Waals surface area (Å²) in [5.74, 6) is 0. The fourth-order valence-electron chi connectivity index (χ4n) is 1.04. The van der Waals surface area contributed by atoms with Crippen LogP contribution in [0.15, 0.2) is 12.3 Å². The SMILES string of the molecule is CCn1nccc1CCC#N. The molecule has 0 N–H and O–H groups in total. The van der Waals surface area contributed by atoms with Crippen LogP contribution in [0.3, 0.4) is 0 Å². The lowest BCUT2D eigenvalue weighted by Crippen LogP contribution is -2.01. The van der Waals surface area contributed by atoms with Crippen LogP contribution in [0.1, 0.15) is 19.0 Å². The standard InChI is InChI=1S/C8H11N3/c1-2-11-8(4-3-6-9)5-7-10-11/h5,7H,2-4H2,1H3. The Kier molecular flexibility index (Phi) is 2.67. The summed E-state index contributed by atoms with van der Waals surface area (Å²) >= 11 is 0. The van der Waals surface area contributed by atoms with Crippen LogP contribution in [0.5, 0.6) is 0 Å². The average molecular weight is 149 g/mol. The van der Waals surface area contributed by atoms with E-state index in [4.69, 9.17) is 5.26 Å². The van der Waals surface area contributed by atoms with E-state index in [0.29, 0.717) is 6.42 Å². The van der Waals surface area contributed by atoms with Crippen LogP contribution in [0, 0.1) is 11.3 Å². The van der Waals surface area contributed by atoms with Crippen molar-refractivity contribution in [2.24, 2.45) is 0 Å². The third-order valence-electron chi connectivity index (χ3n) is 1.60. The van der Waals surface area contributed by atoms with Crippen molar-refractivity contribution < 1.29 is 0 Å². The van der Waals surface area contributed by atoms with E-state index >= 15 is 0 Å². The summed E-state index contributed by atoms with van der Waals surface area (Å²) in [7, 11) is 0. The highest BCUT2D eigenvalue weighted by Crippen LogP contribution is 2.01. The molecule has 3 heteroatoms. The van der Waals surface area contributed by atoms with E-state index in [-0.39, 0.29) is 0 Å². The van der Waals surface area contributed by atoms with Gasteiger partial charge < -0.3 is 0 Å². The number of nitrogens with zero attached hydrogens (tertiary/aromatic N) is 3. The number of aryl methyl sites for hydroxylation is 2. The Morgan fingerprint density at radius 3 is 3.18 bits per heavy atom. The maximum absolute atomic E-state index is 8.35. The van der Waals surface area contributed by atoms with Crippen LogP contribution in [-0.2, 0) is 13.0 Å². The van der Waals surface area contributed by atoms with Gasteiger partial charge in [-0.25, -0.2) is 0 Å². The summed E-state index contributed by atoms with van der Waals surface area (Å²) in [6, 6.07) is 4.08. The Hall–Kier alpha value is -1.30. The molecule has 1 aromatic heterocycles. The smallest absolute Gasteiger partial charge is 0.0625 e. The van der Waals surface area contributed by atoms with E-state index in [1.165, 1.54) is 0 Å². The molecule has 11 heavy (non-hydrogen) atoms. The van der Waals surface area contributed by atoms with Gasteiger partial charge in [0.2, 0.25) is 0 Å². The summed E-state index contributed by atoms with van der Waals surface area (Å²) < 4.78 is 1.91. The van der Waals surface area contributed by atoms with Crippen molar-refractivity contribution in [2.45, 2.75) is 26.3 Å². The second kappa shape index (κ2) is 3.77. The molecule has 3 nitrogen and oxygen atoms in total. The Balaban J connectivity index is 2.62. The van der Waals surface area contributed by atoms with Gasteiger partial charge in [0.25, 0.3) is 0 Å². The molecule has 0 bridgehead atoms. The third kappa shape index (κ3) is 1.81. The average Bonchev–Trinajstić information content (AvgIpc) is 2.47. The topological polar surface area (TPSA) is 41.6 Å². The minimum absolute atomic E-state index is 0.575. The lowest BCUT2D eigenvalue weighted by atomic mass is 10.2. The summed E-state index contributed by atoms with van der Waals surface area (Å²) in [5, 5.41) is 12.4. The first kappa shape index (κ1) is 7.80. The normalized spacial score (nSPS) is 9.45. The van der Waals surface area contributed by atoms with E-state index in [2.05, 4.69) is 11.2 Å². The summed E-state index contributed by atoms with van der Waals surface area (Å²) in [5.41, 5.74) is 1.15. The molecule has 0 saturated heterocycles. The number of rotatable bonds is 3. The molecule has 0 radical (unpaired) electrons. The maximum atomic E-state index is 8.35. The Morgan fingerprint density at radius 1 is 1.73 bits per heavy atom. The summed E-state index contributed by atoms with van der Waals surface area (Å²) in [6.45, 7) is 2.93. The van der Waals surface area contributed by atoms with Gasteiger partial charge in [0.05, 0.1) is 6.07 Å². The number of hydrogen-bond acceptors (Lipinski definition) is 2. The summed E-state index contributed by atoms with van der Waals surface area (Å²) in [4.78, 5) is 0. The molecule has 0 aliphatic heterocycles. The van der Waals surface area contributed by atoms with Gasteiger partial charge in [0.15, 0.2) is 0 Å². The molecular weight excluding hydrogens is 138 g/mol. The first-order chi connectivity index (χ1) is 5.38. The van der Waals surface area contributed by atoms with Crippen molar-refractivity contribution in [1.82, 2.24) is 9.78 Å². The molecule has 1 aromatic rings. The maximum Gasteiger partial charge on any atom is 0.0625 e. The number of hydrogen-bond donors (Lipinski definition) is 0. The number of nitriles is 1. The third-order valence-corrected chi connectivity index (χ3v) is 1.60. The van der Waals surface area contributed by atoms with Crippen molar-refractivity contribution in [3.63, 3.8) is 0 Å². The molecule has 1 rings (SSSR count). The van der Waals surface area contributed by atoms with Crippen LogP contribution in [0.2, 0.25) is 0 Å². The van der Waals surface area contributed by atoms with Crippen molar-refractivity contribution in [1.29, 1.82) is 5.26 Å². The zero-order valence-corrected chi connectivity index (χ0v) is 6.62. The molecule has 0 atom stereocenters. The van der Waals surface area contributed by atoms with Crippen molar-refractivity contribution in [3.8, 4) is 6.07 Å². The second-order valence-electron chi connectivity index (χ2n) is 2.30. The number of aromatic nitrogens is 2. The predicted molar refractivity (Wildman–Crippen MR) is 41.8 cm³/mol. The van der Waals surface area contributed by atoms with E-state index in [1.807, 2.05) is 17.7 Å². The van der Waals surface area contributed by atoms with Gasteiger partial charge in [-0.2, -0.15) is 10.4 Å². The summed E-state index contributed by atoms with van der Waals surface area (Å²) in [6.07, 6.45) is 3.16. The van der Waals surface area contributed by atoms with Gasteiger partial charge in [0.1, 0.15) is 0 Å². The van der Waals surface area contributed by atoms with Crippen LogP contribution >= 0.6 is 0 Å². The van der Waals surface area contributed by atoms with E-state index in [1.54, 1.807) is 6.20 Å². The Morgan fingerprint density at radius 2 is 2.55 bits per heavy atom. The molecule has 58 valence electrons. The Bertz CT molecular complexity index is 257. The van der Waals surface area contributed by atoms with Crippen LogP contribution in [0.25, 0.3) is 0 Å². The molecule has 0 amide bonds. The molecule has 0 aromatic carbocycles. The van der Waals surface area contributed by atoms with Crippen LogP contribution in [0.4, 0.5) is 0 Å². The van der Waals surface area contributed by atoms with Crippen LogP contribution < -0.4 is 0 Å². The highest BCUT2D eigenvalue weighted by atomic mass is 15.3. The predicted octanol–water partition coefficient (Wildman–Crippen LogP) is 1.36. The molecule has 0 aliphatic rings. The zero-order valence-electron chi connectivity index (χ0n) is 6.62. The molecule has 0 spiro atoms. The molecule has 0 aliphatic carbocycles. The van der Waals surface area contributed by atoms with Crippen molar-refractivity contribution in [3.05, 3.63) is 18.0 Å². The van der Waals surface area contributed by atoms with Crippen LogP contribution in [-0.4, -0.2) is 9.78 Å². The van der Waals surface area contributed by atoms with Gasteiger partial charge in [0, 0.05) is 31.3 Å². The Labute approximate surface area is 66.3 Å². The van der Waals surface area contributed by atoms with Gasteiger partial charge >= 0.3 is 0 Å². The van der Waals surface area contributed by atoms with Crippen molar-refractivity contribution in [2.75, 3.05) is 0 Å². The minimum Gasteiger partial charge on any atom is -0.270 e. The minimum atomic E-state index is 0.575. The second-order valence-corrected chi connectivity index (χ2v) is 2.30. The van der Waals surface area contributed by atoms with Gasteiger partial charge in [-0.15, -0.1) is 0 Å². The first-order valence-electron chi connectivity index (χ1n) is 3.76. The van der Waals surface area contributed by atoms with Crippen molar-refractivity contribution >= 4 is 0 Å². The highest BCUT2D eigenvalue weighted by molar-refractivity contribution is 5.01. The molecular formula is C8H11N3. The molecule has 0 saturated carbocycles. The first-order valence-corrected chi connectivity index (χ1v) is 3.76. The molecule has 0 fully saturated rings. The quantitative estimate of drug-likeness (QED) is 0.651. The van der Waals surface area contributed by atoms with Gasteiger partial charge in [-0.3, -0.25) is 4.68 Å².